The number of hydrogen-bond acceptors (Lipinski definition) is 5. The monoisotopic (exact) mass is 586 g/mol. The molecular weight excluding hydrogens is 524 g/mol. The van der Waals surface area contributed by atoms with Gasteiger partial charge in [-0.3, -0.25) is 9.59 Å². The van der Waals surface area contributed by atoms with E-state index in [-0.39, 0.29) is 25.2 Å². The molecule has 0 aliphatic carbocycles. The van der Waals surface area contributed by atoms with Gasteiger partial charge in [0.2, 0.25) is 0 Å². The van der Waals surface area contributed by atoms with Crippen LogP contribution in [0.1, 0.15) is 142 Å². The minimum Gasteiger partial charge on any atom is -0.462 e. The van der Waals surface area contributed by atoms with Crippen molar-refractivity contribution in [3.8, 4) is 0 Å². The molecule has 0 saturated heterocycles. The topological polar surface area (TPSA) is 72.8 Å². The summed E-state index contributed by atoms with van der Waals surface area (Å²) >= 11 is 0. The summed E-state index contributed by atoms with van der Waals surface area (Å²) in [6.45, 7) is 3.94. The molecule has 1 N–H and O–H groups in total. The molecule has 0 amide bonds. The first kappa shape index (κ1) is 39.6. The van der Waals surface area contributed by atoms with Gasteiger partial charge in [0.05, 0.1) is 6.61 Å². The van der Waals surface area contributed by atoms with Crippen LogP contribution in [-0.4, -0.2) is 36.4 Å². The second kappa shape index (κ2) is 33.1. The predicted octanol–water partition coefficient (Wildman–Crippen LogP) is 10.1. The third-order valence-electron chi connectivity index (χ3n) is 6.80. The van der Waals surface area contributed by atoms with Crippen molar-refractivity contribution in [1.29, 1.82) is 0 Å². The minimum absolute atomic E-state index is 0.0895. The summed E-state index contributed by atoms with van der Waals surface area (Å²) < 4.78 is 10.5. The van der Waals surface area contributed by atoms with Gasteiger partial charge in [0, 0.05) is 12.8 Å². The third-order valence-corrected chi connectivity index (χ3v) is 6.80. The maximum absolute atomic E-state index is 12.1. The zero-order chi connectivity index (χ0) is 30.8. The Kier molecular flexibility index (Phi) is 31.2. The van der Waals surface area contributed by atoms with E-state index in [9.17, 15) is 14.7 Å². The van der Waals surface area contributed by atoms with Gasteiger partial charge in [0.1, 0.15) is 6.61 Å². The van der Waals surface area contributed by atoms with Crippen molar-refractivity contribution in [1.82, 2.24) is 0 Å². The Morgan fingerprint density at radius 3 is 1.62 bits per heavy atom. The summed E-state index contributed by atoms with van der Waals surface area (Å²) in [7, 11) is 0. The highest BCUT2D eigenvalue weighted by atomic mass is 16.6. The molecule has 42 heavy (non-hydrogen) atoms. The van der Waals surface area contributed by atoms with E-state index >= 15 is 0 Å². The normalized spacial score (nSPS) is 12.9. The van der Waals surface area contributed by atoms with Gasteiger partial charge in [-0.1, -0.05) is 113 Å². The van der Waals surface area contributed by atoms with Crippen LogP contribution in [0.4, 0.5) is 0 Å². The van der Waals surface area contributed by atoms with Gasteiger partial charge >= 0.3 is 11.9 Å². The van der Waals surface area contributed by atoms with E-state index in [2.05, 4.69) is 74.6 Å². The maximum Gasteiger partial charge on any atom is 0.306 e. The molecule has 1 atom stereocenters. The molecule has 1 unspecified atom stereocenters. The number of aliphatic hydroxyl groups excluding tert-OH is 1. The molecule has 240 valence electrons. The van der Waals surface area contributed by atoms with Crippen molar-refractivity contribution >= 4 is 11.9 Å². The number of hydrogen-bond donors (Lipinski definition) is 1. The van der Waals surface area contributed by atoms with Gasteiger partial charge in [-0.25, -0.2) is 0 Å². The lowest BCUT2D eigenvalue weighted by Crippen LogP contribution is -2.28. The Morgan fingerprint density at radius 2 is 1.02 bits per heavy atom. The molecule has 0 bridgehead atoms. The highest BCUT2D eigenvalue weighted by molar-refractivity contribution is 5.70. The van der Waals surface area contributed by atoms with Gasteiger partial charge in [-0.2, -0.15) is 0 Å². The molecule has 0 saturated carbocycles. The van der Waals surface area contributed by atoms with Gasteiger partial charge in [0.25, 0.3) is 0 Å². The average Bonchev–Trinajstić information content (AvgIpc) is 2.99. The Hall–Kier alpha value is -2.40. The number of unbranched alkanes of at least 4 members (excludes halogenated alkanes) is 11. The Labute approximate surface area is 258 Å². The molecule has 5 heteroatoms. The van der Waals surface area contributed by atoms with Crippen molar-refractivity contribution in [2.75, 3.05) is 13.2 Å². The van der Waals surface area contributed by atoms with Gasteiger partial charge < -0.3 is 14.6 Å². The maximum atomic E-state index is 12.1. The van der Waals surface area contributed by atoms with Crippen LogP contribution in [0, 0.1) is 0 Å². The summed E-state index contributed by atoms with van der Waals surface area (Å²) in [5.74, 6) is -0.657. The number of rotatable bonds is 29. The first-order valence-electron chi connectivity index (χ1n) is 16.8. The van der Waals surface area contributed by atoms with Crippen LogP contribution in [0.15, 0.2) is 60.8 Å². The zero-order valence-corrected chi connectivity index (χ0v) is 27.0. The van der Waals surface area contributed by atoms with E-state index in [1.165, 1.54) is 44.9 Å². The van der Waals surface area contributed by atoms with Crippen LogP contribution in [0.5, 0.6) is 0 Å². The van der Waals surface area contributed by atoms with Gasteiger partial charge in [-0.15, -0.1) is 0 Å². The summed E-state index contributed by atoms with van der Waals surface area (Å²) in [5, 5.41) is 9.50. The summed E-state index contributed by atoms with van der Waals surface area (Å²) in [6.07, 6.45) is 41.3. The number of allylic oxidation sites excluding steroid dienone is 10. The van der Waals surface area contributed by atoms with Crippen LogP contribution in [-0.2, 0) is 19.1 Å². The van der Waals surface area contributed by atoms with Crippen LogP contribution >= 0.6 is 0 Å². The second-order valence-corrected chi connectivity index (χ2v) is 10.9. The standard InChI is InChI=1S/C37H62O5/c1-3-5-7-9-11-13-15-17-18-20-22-24-26-28-30-32-37(40)42-35(33-38)34-41-36(39)31-29-27-25-23-21-19-16-14-12-10-8-6-4-2/h5,7,11,13-14,16-18,22,24,35,38H,3-4,6,8-10,12,15,19-21,23,25-34H2,1-2H3/b7-5-,13-11-,16-14-,18-17-,24-22-. The first-order chi connectivity index (χ1) is 20.6. The van der Waals surface area contributed by atoms with E-state index in [0.717, 1.165) is 70.6 Å². The first-order valence-corrected chi connectivity index (χ1v) is 16.8. The second-order valence-electron chi connectivity index (χ2n) is 10.9. The Balaban J connectivity index is 3.70. The summed E-state index contributed by atoms with van der Waals surface area (Å²) in [5.41, 5.74) is 0. The zero-order valence-electron chi connectivity index (χ0n) is 27.0. The number of esters is 2. The highest BCUT2D eigenvalue weighted by Gasteiger charge is 2.15. The lowest BCUT2D eigenvalue weighted by Gasteiger charge is -2.15. The molecule has 0 fully saturated rings. The van der Waals surface area contributed by atoms with Crippen molar-refractivity contribution < 1.29 is 24.2 Å². The summed E-state index contributed by atoms with van der Waals surface area (Å²) in [6, 6.07) is 0. The number of aliphatic hydroxyl groups is 1. The third kappa shape index (κ3) is 30.6. The van der Waals surface area contributed by atoms with Crippen molar-refractivity contribution in [3.05, 3.63) is 60.8 Å². The largest absolute Gasteiger partial charge is 0.462 e. The molecule has 0 heterocycles. The molecule has 0 aliphatic rings. The molecule has 0 radical (unpaired) electrons. The molecule has 5 nitrogen and oxygen atoms in total. The molecule has 0 rings (SSSR count). The highest BCUT2D eigenvalue weighted by Crippen LogP contribution is 2.10. The SMILES string of the molecule is CC/C=C\C/C=C\C/C=C\C/C=C\CCCCC(=O)OC(CO)COC(=O)CCCCCCC/C=C\CCCCCC. The fourth-order valence-corrected chi connectivity index (χ4v) is 4.24. The van der Waals surface area contributed by atoms with Crippen molar-refractivity contribution in [3.63, 3.8) is 0 Å². The number of carbonyl (C=O) groups excluding carboxylic acids is 2. The van der Waals surface area contributed by atoms with Crippen LogP contribution in [0.2, 0.25) is 0 Å². The van der Waals surface area contributed by atoms with E-state index < -0.39 is 6.10 Å². The van der Waals surface area contributed by atoms with Gasteiger partial charge in [-0.05, 0) is 77.0 Å². The van der Waals surface area contributed by atoms with Gasteiger partial charge in [0.15, 0.2) is 6.10 Å². The fraction of sp³-hybridized carbons (Fsp3) is 0.676. The average molecular weight is 587 g/mol. The molecular formula is C37H62O5. The molecule has 0 aromatic heterocycles. The predicted molar refractivity (Wildman–Crippen MR) is 177 cm³/mol. The number of ether oxygens (including phenoxy) is 2. The fourth-order valence-electron chi connectivity index (χ4n) is 4.24. The van der Waals surface area contributed by atoms with E-state index in [4.69, 9.17) is 9.47 Å². The number of carbonyl (C=O) groups is 2. The van der Waals surface area contributed by atoms with E-state index in [1.807, 2.05) is 0 Å². The lowest BCUT2D eigenvalue weighted by atomic mass is 10.1. The quantitative estimate of drug-likeness (QED) is 0.0536. The molecule has 0 spiro atoms. The Bertz CT molecular complexity index is 762. The minimum atomic E-state index is -0.796. The van der Waals surface area contributed by atoms with E-state index in [1.54, 1.807) is 0 Å². The van der Waals surface area contributed by atoms with Crippen molar-refractivity contribution in [2.45, 2.75) is 148 Å². The molecule has 0 aromatic carbocycles. The van der Waals surface area contributed by atoms with E-state index in [0.29, 0.717) is 12.8 Å². The van der Waals surface area contributed by atoms with Crippen LogP contribution in [0.25, 0.3) is 0 Å². The smallest absolute Gasteiger partial charge is 0.306 e. The summed E-state index contributed by atoms with van der Waals surface area (Å²) in [4.78, 5) is 24.1. The molecule has 0 aromatic rings. The molecule has 0 aliphatic heterocycles. The van der Waals surface area contributed by atoms with Crippen LogP contribution in [0.3, 0.4) is 0 Å². The lowest BCUT2D eigenvalue weighted by molar-refractivity contribution is -0.161. The Morgan fingerprint density at radius 1 is 0.571 bits per heavy atom. The van der Waals surface area contributed by atoms with Crippen molar-refractivity contribution in [2.24, 2.45) is 0 Å². The van der Waals surface area contributed by atoms with Crippen LogP contribution < -0.4 is 0 Å².